The maximum Gasteiger partial charge on any atom is 0.00783 e. The monoisotopic (exact) mass is 271 g/mol. The van der Waals surface area contributed by atoms with Crippen molar-refractivity contribution < 1.29 is 0 Å². The molecule has 1 saturated heterocycles. The molecule has 2 aromatic rings. The number of thioether (sulfide) groups is 1. The maximum atomic E-state index is 3.44. The van der Waals surface area contributed by atoms with Gasteiger partial charge in [0.05, 0.1) is 0 Å². The van der Waals surface area contributed by atoms with Crippen LogP contribution in [-0.4, -0.2) is 18.8 Å². The van der Waals surface area contributed by atoms with Crippen LogP contribution in [-0.2, 0) is 0 Å². The second kappa shape index (κ2) is 6.44. The van der Waals surface area contributed by atoms with E-state index in [1.165, 1.54) is 53.8 Å². The molecule has 1 nitrogen and oxygen atoms in total. The van der Waals surface area contributed by atoms with Gasteiger partial charge in [0, 0.05) is 4.90 Å². The average molecular weight is 271 g/mol. The van der Waals surface area contributed by atoms with Crippen molar-refractivity contribution in [1.29, 1.82) is 0 Å². The topological polar surface area (TPSA) is 12.0 Å². The first-order chi connectivity index (χ1) is 9.42. The lowest BCUT2D eigenvalue weighted by Gasteiger charge is -2.22. The van der Waals surface area contributed by atoms with E-state index in [-0.39, 0.29) is 0 Å². The van der Waals surface area contributed by atoms with Crippen molar-refractivity contribution in [2.75, 3.05) is 18.8 Å². The van der Waals surface area contributed by atoms with Crippen molar-refractivity contribution >= 4 is 22.5 Å². The Morgan fingerprint density at radius 3 is 2.63 bits per heavy atom. The van der Waals surface area contributed by atoms with Crippen LogP contribution < -0.4 is 5.32 Å². The van der Waals surface area contributed by atoms with Crippen LogP contribution >= 0.6 is 11.8 Å². The van der Waals surface area contributed by atoms with Gasteiger partial charge in [-0.1, -0.05) is 30.3 Å². The van der Waals surface area contributed by atoms with E-state index >= 15 is 0 Å². The van der Waals surface area contributed by atoms with Crippen LogP contribution in [0.1, 0.15) is 19.3 Å². The van der Waals surface area contributed by atoms with Crippen molar-refractivity contribution in [3.8, 4) is 0 Å². The van der Waals surface area contributed by atoms with Crippen molar-refractivity contribution in [3.05, 3.63) is 42.5 Å². The lowest BCUT2D eigenvalue weighted by molar-refractivity contribution is 0.367. The molecule has 1 fully saturated rings. The van der Waals surface area contributed by atoms with E-state index in [0.717, 1.165) is 5.92 Å². The number of benzene rings is 2. The van der Waals surface area contributed by atoms with E-state index in [1.807, 2.05) is 11.8 Å². The molecule has 3 rings (SSSR count). The molecular weight excluding hydrogens is 250 g/mol. The summed E-state index contributed by atoms with van der Waals surface area (Å²) in [5.74, 6) is 2.19. The van der Waals surface area contributed by atoms with Crippen LogP contribution in [0.3, 0.4) is 0 Å². The Morgan fingerprint density at radius 2 is 1.79 bits per heavy atom. The SMILES string of the molecule is c1ccc2cc(SCCC3CCNCC3)ccc2c1. The second-order valence-electron chi connectivity index (χ2n) is 5.34. The summed E-state index contributed by atoms with van der Waals surface area (Å²) < 4.78 is 0. The molecule has 1 N–H and O–H groups in total. The number of rotatable bonds is 4. The molecule has 1 aliphatic rings. The van der Waals surface area contributed by atoms with Crippen LogP contribution in [0.2, 0.25) is 0 Å². The molecule has 0 unspecified atom stereocenters. The smallest absolute Gasteiger partial charge is 0.00783 e. The zero-order valence-corrected chi connectivity index (χ0v) is 12.1. The first-order valence-corrected chi connectivity index (χ1v) is 8.23. The largest absolute Gasteiger partial charge is 0.317 e. The molecule has 1 aliphatic heterocycles. The standard InChI is InChI=1S/C17H21NS/c1-2-4-16-13-17(6-5-15(16)3-1)19-12-9-14-7-10-18-11-8-14/h1-6,13-14,18H,7-12H2. The predicted octanol–water partition coefficient (Wildman–Crippen LogP) is 4.32. The fourth-order valence-electron chi connectivity index (χ4n) is 2.77. The summed E-state index contributed by atoms with van der Waals surface area (Å²) in [6.45, 7) is 2.43. The number of hydrogen-bond donors (Lipinski definition) is 1. The fraction of sp³-hybridized carbons (Fsp3) is 0.412. The molecule has 0 radical (unpaired) electrons. The van der Waals surface area contributed by atoms with E-state index in [4.69, 9.17) is 0 Å². The summed E-state index contributed by atoms with van der Waals surface area (Å²) in [6.07, 6.45) is 4.08. The van der Waals surface area contributed by atoms with Crippen LogP contribution in [0, 0.1) is 5.92 Å². The Hall–Kier alpha value is -0.990. The Morgan fingerprint density at radius 1 is 1.00 bits per heavy atom. The highest BCUT2D eigenvalue weighted by atomic mass is 32.2. The van der Waals surface area contributed by atoms with Gasteiger partial charge in [0.2, 0.25) is 0 Å². The normalized spacial score (nSPS) is 16.8. The zero-order chi connectivity index (χ0) is 12.9. The molecule has 0 atom stereocenters. The first-order valence-electron chi connectivity index (χ1n) is 7.24. The molecule has 0 saturated carbocycles. The molecule has 19 heavy (non-hydrogen) atoms. The highest BCUT2D eigenvalue weighted by molar-refractivity contribution is 7.99. The van der Waals surface area contributed by atoms with Gasteiger partial charge in [-0.05, 0) is 66.9 Å². The van der Waals surface area contributed by atoms with Crippen LogP contribution in [0.5, 0.6) is 0 Å². The van der Waals surface area contributed by atoms with Gasteiger partial charge in [0.15, 0.2) is 0 Å². The highest BCUT2D eigenvalue weighted by Gasteiger charge is 2.12. The van der Waals surface area contributed by atoms with Crippen LogP contribution in [0.15, 0.2) is 47.4 Å². The molecule has 2 heteroatoms. The number of nitrogens with one attached hydrogen (secondary N) is 1. The van der Waals surface area contributed by atoms with Gasteiger partial charge in [-0.25, -0.2) is 0 Å². The van der Waals surface area contributed by atoms with Gasteiger partial charge in [-0.15, -0.1) is 11.8 Å². The third-order valence-corrected chi connectivity index (χ3v) is 5.00. The molecule has 1 heterocycles. The van der Waals surface area contributed by atoms with Crippen LogP contribution in [0.4, 0.5) is 0 Å². The van der Waals surface area contributed by atoms with Crippen molar-refractivity contribution in [2.24, 2.45) is 5.92 Å². The number of hydrogen-bond acceptors (Lipinski definition) is 2. The Kier molecular flexibility index (Phi) is 4.41. The minimum atomic E-state index is 0.939. The molecule has 2 aromatic carbocycles. The summed E-state index contributed by atoms with van der Waals surface area (Å²) >= 11 is 2.01. The maximum absolute atomic E-state index is 3.44. The van der Waals surface area contributed by atoms with E-state index in [1.54, 1.807) is 0 Å². The van der Waals surface area contributed by atoms with Gasteiger partial charge in [0.25, 0.3) is 0 Å². The number of fused-ring (bicyclic) bond motifs is 1. The third kappa shape index (κ3) is 3.52. The van der Waals surface area contributed by atoms with E-state index < -0.39 is 0 Å². The minimum Gasteiger partial charge on any atom is -0.317 e. The third-order valence-electron chi connectivity index (χ3n) is 3.97. The zero-order valence-electron chi connectivity index (χ0n) is 11.3. The quantitative estimate of drug-likeness (QED) is 0.831. The van der Waals surface area contributed by atoms with E-state index in [9.17, 15) is 0 Å². The fourth-order valence-corrected chi connectivity index (χ4v) is 3.83. The lowest BCUT2D eigenvalue weighted by Crippen LogP contribution is -2.27. The first kappa shape index (κ1) is 13.0. The van der Waals surface area contributed by atoms with E-state index in [0.29, 0.717) is 0 Å². The summed E-state index contributed by atoms with van der Waals surface area (Å²) in [7, 11) is 0. The average Bonchev–Trinajstić information content (AvgIpc) is 2.48. The van der Waals surface area contributed by atoms with Crippen molar-refractivity contribution in [1.82, 2.24) is 5.32 Å². The van der Waals surface area contributed by atoms with Gasteiger partial charge in [-0.3, -0.25) is 0 Å². The Balaban J connectivity index is 1.56. The summed E-state index contributed by atoms with van der Waals surface area (Å²) in [5.41, 5.74) is 0. The molecular formula is C17H21NS. The van der Waals surface area contributed by atoms with Crippen LogP contribution in [0.25, 0.3) is 10.8 Å². The predicted molar refractivity (Wildman–Crippen MR) is 84.9 cm³/mol. The molecule has 0 aliphatic carbocycles. The summed E-state index contributed by atoms with van der Waals surface area (Å²) in [4.78, 5) is 1.41. The van der Waals surface area contributed by atoms with Gasteiger partial charge in [-0.2, -0.15) is 0 Å². The molecule has 0 bridgehead atoms. The number of piperidine rings is 1. The highest BCUT2D eigenvalue weighted by Crippen LogP contribution is 2.26. The summed E-state index contributed by atoms with van der Waals surface area (Å²) in [6, 6.07) is 15.4. The minimum absolute atomic E-state index is 0.939. The molecule has 0 spiro atoms. The van der Waals surface area contributed by atoms with Gasteiger partial charge < -0.3 is 5.32 Å². The second-order valence-corrected chi connectivity index (χ2v) is 6.51. The Labute approximate surface area is 119 Å². The van der Waals surface area contributed by atoms with Crippen molar-refractivity contribution in [2.45, 2.75) is 24.2 Å². The summed E-state index contributed by atoms with van der Waals surface area (Å²) in [5, 5.41) is 6.13. The van der Waals surface area contributed by atoms with Gasteiger partial charge >= 0.3 is 0 Å². The van der Waals surface area contributed by atoms with Crippen molar-refractivity contribution in [3.63, 3.8) is 0 Å². The molecule has 0 amide bonds. The Bertz CT molecular complexity index is 532. The van der Waals surface area contributed by atoms with E-state index in [2.05, 4.69) is 47.8 Å². The lowest BCUT2D eigenvalue weighted by atomic mass is 9.96. The molecule has 100 valence electrons. The molecule has 0 aromatic heterocycles. The van der Waals surface area contributed by atoms with Gasteiger partial charge in [0.1, 0.15) is 0 Å².